The number of methoxy groups -OCH3 is 1. The molecule has 1 saturated carbocycles. The van der Waals surface area contributed by atoms with Gasteiger partial charge in [-0.2, -0.15) is 0 Å². The van der Waals surface area contributed by atoms with Gasteiger partial charge in [-0.05, 0) is 32.7 Å². The third-order valence-corrected chi connectivity index (χ3v) is 3.70. The maximum Gasteiger partial charge on any atom is 0.323 e. The van der Waals surface area contributed by atoms with Crippen LogP contribution in [0.5, 0.6) is 0 Å². The van der Waals surface area contributed by atoms with Crippen molar-refractivity contribution in [1.82, 2.24) is 10.6 Å². The number of carboxylic acids is 1. The number of aliphatic carboxylic acids is 1. The second kappa shape index (κ2) is 6.70. The van der Waals surface area contributed by atoms with E-state index < -0.39 is 11.5 Å². The van der Waals surface area contributed by atoms with E-state index in [1.807, 2.05) is 0 Å². The minimum atomic E-state index is -0.858. The summed E-state index contributed by atoms with van der Waals surface area (Å²) >= 11 is 0. The van der Waals surface area contributed by atoms with E-state index in [0.29, 0.717) is 38.8 Å². The molecule has 0 aliphatic heterocycles. The summed E-state index contributed by atoms with van der Waals surface area (Å²) in [6.45, 7) is 0.996. The summed E-state index contributed by atoms with van der Waals surface area (Å²) in [5, 5.41) is 14.9. The number of carbonyl (C=O) groups is 2. The molecule has 1 aliphatic carbocycles. The molecule has 6 nitrogen and oxygen atoms in total. The van der Waals surface area contributed by atoms with Crippen molar-refractivity contribution in [3.63, 3.8) is 0 Å². The van der Waals surface area contributed by atoms with E-state index in [0.717, 1.165) is 0 Å². The lowest BCUT2D eigenvalue weighted by Gasteiger charge is -2.36. The zero-order chi connectivity index (χ0) is 13.6. The molecular formula is C12H22N2O4. The van der Waals surface area contributed by atoms with Crippen molar-refractivity contribution >= 4 is 11.9 Å². The van der Waals surface area contributed by atoms with Gasteiger partial charge in [-0.3, -0.25) is 9.59 Å². The highest BCUT2D eigenvalue weighted by molar-refractivity contribution is 5.81. The molecule has 0 aromatic carbocycles. The van der Waals surface area contributed by atoms with Gasteiger partial charge in [0, 0.05) is 19.6 Å². The number of hydrogen-bond acceptors (Lipinski definition) is 4. The Bertz CT molecular complexity index is 298. The molecule has 18 heavy (non-hydrogen) atoms. The summed E-state index contributed by atoms with van der Waals surface area (Å²) in [6.07, 6.45) is 2.18. The highest BCUT2D eigenvalue weighted by Gasteiger charge is 2.42. The van der Waals surface area contributed by atoms with Gasteiger partial charge in [-0.15, -0.1) is 0 Å². The van der Waals surface area contributed by atoms with Gasteiger partial charge in [0.25, 0.3) is 0 Å². The maximum atomic E-state index is 11.8. The van der Waals surface area contributed by atoms with Gasteiger partial charge in [-0.25, -0.2) is 0 Å². The van der Waals surface area contributed by atoms with Crippen LogP contribution in [0.3, 0.4) is 0 Å². The number of rotatable bonds is 6. The van der Waals surface area contributed by atoms with Crippen LogP contribution in [0.25, 0.3) is 0 Å². The zero-order valence-corrected chi connectivity index (χ0v) is 11.0. The van der Waals surface area contributed by atoms with Gasteiger partial charge in [-0.1, -0.05) is 0 Å². The maximum absolute atomic E-state index is 11.8. The van der Waals surface area contributed by atoms with Crippen LogP contribution in [0.2, 0.25) is 0 Å². The molecule has 0 bridgehead atoms. The first-order valence-corrected chi connectivity index (χ1v) is 6.24. The molecule has 0 atom stereocenters. The Morgan fingerprint density at radius 3 is 2.44 bits per heavy atom. The van der Waals surface area contributed by atoms with Crippen molar-refractivity contribution in [3.05, 3.63) is 0 Å². The molecule has 0 unspecified atom stereocenters. The number of carbonyl (C=O) groups excluding carboxylic acids is 1. The normalized spacial score (nSPS) is 27.8. The van der Waals surface area contributed by atoms with Crippen LogP contribution in [0, 0.1) is 5.92 Å². The average molecular weight is 258 g/mol. The van der Waals surface area contributed by atoms with Crippen LogP contribution in [-0.4, -0.2) is 49.8 Å². The monoisotopic (exact) mass is 258 g/mol. The molecule has 1 aliphatic rings. The first-order chi connectivity index (χ1) is 8.55. The number of carboxylic acid groups (broad SMARTS) is 1. The lowest BCUT2D eigenvalue weighted by molar-refractivity contribution is -0.147. The molecule has 0 spiro atoms. The first-order valence-electron chi connectivity index (χ1n) is 6.24. The number of ether oxygens (including phenoxy) is 1. The van der Waals surface area contributed by atoms with Crippen molar-refractivity contribution in [2.45, 2.75) is 31.2 Å². The van der Waals surface area contributed by atoms with Gasteiger partial charge >= 0.3 is 5.97 Å². The second-order valence-corrected chi connectivity index (χ2v) is 4.70. The number of hydrogen-bond donors (Lipinski definition) is 3. The Kier molecular flexibility index (Phi) is 5.55. The Labute approximate surface area is 107 Å². The molecule has 0 radical (unpaired) electrons. The SMILES string of the molecule is CNC1(C(=O)O)CCC(C(=O)NCCOC)CC1. The Morgan fingerprint density at radius 2 is 2.00 bits per heavy atom. The fourth-order valence-corrected chi connectivity index (χ4v) is 2.36. The number of nitrogens with one attached hydrogen (secondary N) is 2. The van der Waals surface area contributed by atoms with Crippen LogP contribution < -0.4 is 10.6 Å². The predicted octanol–water partition coefficient (Wildman–Crippen LogP) is -0.0180. The highest BCUT2D eigenvalue weighted by Crippen LogP contribution is 2.32. The van der Waals surface area contributed by atoms with Crippen molar-refractivity contribution in [2.75, 3.05) is 27.3 Å². The fourth-order valence-electron chi connectivity index (χ4n) is 2.36. The quantitative estimate of drug-likeness (QED) is 0.583. The minimum Gasteiger partial charge on any atom is -0.480 e. The minimum absolute atomic E-state index is 0.00198. The molecule has 0 heterocycles. The first kappa shape index (κ1) is 14.9. The molecule has 1 fully saturated rings. The summed E-state index contributed by atoms with van der Waals surface area (Å²) < 4.78 is 4.86. The van der Waals surface area contributed by atoms with E-state index >= 15 is 0 Å². The predicted molar refractivity (Wildman–Crippen MR) is 66.3 cm³/mol. The van der Waals surface area contributed by atoms with Crippen LogP contribution >= 0.6 is 0 Å². The van der Waals surface area contributed by atoms with E-state index in [1.54, 1.807) is 14.2 Å². The Morgan fingerprint density at radius 1 is 1.39 bits per heavy atom. The third-order valence-electron chi connectivity index (χ3n) is 3.70. The summed E-state index contributed by atoms with van der Waals surface area (Å²) in [5.41, 5.74) is -0.858. The molecule has 104 valence electrons. The molecule has 1 amide bonds. The highest BCUT2D eigenvalue weighted by atomic mass is 16.5. The standard InChI is InChI=1S/C12H22N2O4/c1-13-12(11(16)17)5-3-9(4-6-12)10(15)14-7-8-18-2/h9,13H,3-8H2,1-2H3,(H,14,15)(H,16,17). The van der Waals surface area contributed by atoms with Gasteiger partial charge in [0.1, 0.15) is 5.54 Å². The lowest BCUT2D eigenvalue weighted by atomic mass is 9.76. The fraction of sp³-hybridized carbons (Fsp3) is 0.833. The lowest BCUT2D eigenvalue weighted by Crippen LogP contribution is -2.53. The molecule has 6 heteroatoms. The summed E-state index contributed by atoms with van der Waals surface area (Å²) in [7, 11) is 3.24. The van der Waals surface area contributed by atoms with Crippen molar-refractivity contribution < 1.29 is 19.4 Å². The van der Waals surface area contributed by atoms with Crippen LogP contribution in [0.4, 0.5) is 0 Å². The summed E-state index contributed by atoms with van der Waals surface area (Å²) in [4.78, 5) is 23.0. The largest absolute Gasteiger partial charge is 0.480 e. The van der Waals surface area contributed by atoms with E-state index in [1.165, 1.54) is 0 Å². The topological polar surface area (TPSA) is 87.7 Å². The molecule has 0 saturated heterocycles. The third kappa shape index (κ3) is 3.43. The second-order valence-electron chi connectivity index (χ2n) is 4.70. The van der Waals surface area contributed by atoms with Gasteiger partial charge in [0.05, 0.1) is 6.61 Å². The van der Waals surface area contributed by atoms with Crippen molar-refractivity contribution in [1.29, 1.82) is 0 Å². The number of likely N-dealkylation sites (N-methyl/N-ethyl adjacent to an activating group) is 1. The molecule has 0 aromatic rings. The van der Waals surface area contributed by atoms with E-state index in [4.69, 9.17) is 4.74 Å². The molecular weight excluding hydrogens is 236 g/mol. The van der Waals surface area contributed by atoms with E-state index in [2.05, 4.69) is 10.6 Å². The molecule has 1 rings (SSSR count). The van der Waals surface area contributed by atoms with E-state index in [-0.39, 0.29) is 11.8 Å². The van der Waals surface area contributed by atoms with Crippen LogP contribution in [0.1, 0.15) is 25.7 Å². The summed E-state index contributed by atoms with van der Waals surface area (Å²) in [6, 6.07) is 0. The molecule has 3 N–H and O–H groups in total. The van der Waals surface area contributed by atoms with Crippen LogP contribution in [0.15, 0.2) is 0 Å². The van der Waals surface area contributed by atoms with E-state index in [9.17, 15) is 14.7 Å². The van der Waals surface area contributed by atoms with Crippen molar-refractivity contribution in [3.8, 4) is 0 Å². The van der Waals surface area contributed by atoms with Gasteiger partial charge < -0.3 is 20.5 Å². The average Bonchev–Trinajstić information content (AvgIpc) is 2.38. The smallest absolute Gasteiger partial charge is 0.323 e. The van der Waals surface area contributed by atoms with Crippen molar-refractivity contribution in [2.24, 2.45) is 5.92 Å². The van der Waals surface area contributed by atoms with Gasteiger partial charge in [0.2, 0.25) is 5.91 Å². The summed E-state index contributed by atoms with van der Waals surface area (Å²) in [5.74, 6) is -0.909. The van der Waals surface area contributed by atoms with Crippen LogP contribution in [-0.2, 0) is 14.3 Å². The number of amides is 1. The Hall–Kier alpha value is -1.14. The zero-order valence-electron chi connectivity index (χ0n) is 11.0. The Balaban J connectivity index is 2.43. The molecule has 0 aromatic heterocycles. The van der Waals surface area contributed by atoms with Gasteiger partial charge in [0.15, 0.2) is 0 Å².